The van der Waals surface area contributed by atoms with E-state index in [9.17, 15) is 14.7 Å². The molecule has 0 unspecified atom stereocenters. The van der Waals surface area contributed by atoms with E-state index in [2.05, 4.69) is 0 Å². The number of carboxylic acid groups (broad SMARTS) is 1. The first kappa shape index (κ1) is 16.6. The first-order valence-corrected chi connectivity index (χ1v) is 7.94. The van der Waals surface area contributed by atoms with Gasteiger partial charge in [-0.05, 0) is 29.8 Å². The summed E-state index contributed by atoms with van der Waals surface area (Å²) in [7, 11) is 0. The van der Waals surface area contributed by atoms with E-state index >= 15 is 0 Å². The van der Waals surface area contributed by atoms with Crippen molar-refractivity contribution in [2.45, 2.75) is 12.5 Å². The molecule has 1 aliphatic heterocycles. The number of amides is 1. The van der Waals surface area contributed by atoms with Gasteiger partial charge in [-0.2, -0.15) is 0 Å². The van der Waals surface area contributed by atoms with Crippen molar-refractivity contribution < 1.29 is 19.4 Å². The molecule has 7 heteroatoms. The molecule has 24 heavy (non-hydrogen) atoms. The summed E-state index contributed by atoms with van der Waals surface area (Å²) in [5.74, 6) is -1.07. The molecular formula is C17H13Cl2NO4. The van der Waals surface area contributed by atoms with Gasteiger partial charge in [0, 0.05) is 10.0 Å². The van der Waals surface area contributed by atoms with Crippen LogP contribution in [-0.4, -0.2) is 29.6 Å². The zero-order valence-electron chi connectivity index (χ0n) is 12.4. The Morgan fingerprint density at radius 3 is 2.46 bits per heavy atom. The van der Waals surface area contributed by atoms with Crippen molar-refractivity contribution in [3.63, 3.8) is 0 Å². The van der Waals surface area contributed by atoms with Crippen LogP contribution in [0, 0.1) is 0 Å². The van der Waals surface area contributed by atoms with Crippen LogP contribution in [0.2, 0.25) is 10.0 Å². The summed E-state index contributed by atoms with van der Waals surface area (Å²) in [6.45, 7) is -0.0761. The van der Waals surface area contributed by atoms with E-state index in [0.717, 1.165) is 0 Å². The van der Waals surface area contributed by atoms with Crippen LogP contribution in [0.4, 0.5) is 5.69 Å². The molecule has 1 aliphatic rings. The Morgan fingerprint density at radius 1 is 1.12 bits per heavy atom. The first-order valence-electron chi connectivity index (χ1n) is 7.19. The van der Waals surface area contributed by atoms with Crippen molar-refractivity contribution in [3.8, 4) is 5.75 Å². The quantitative estimate of drug-likeness (QED) is 0.904. The molecule has 124 valence electrons. The molecule has 0 bridgehead atoms. The Kier molecular flexibility index (Phi) is 4.64. The van der Waals surface area contributed by atoms with Gasteiger partial charge in [-0.25, -0.2) is 4.79 Å². The summed E-state index contributed by atoms with van der Waals surface area (Å²) in [4.78, 5) is 25.5. The normalized spacial score (nSPS) is 16.2. The van der Waals surface area contributed by atoms with Crippen molar-refractivity contribution in [2.75, 3.05) is 11.4 Å². The fourth-order valence-corrected chi connectivity index (χ4v) is 3.08. The Hall–Kier alpha value is -2.24. The highest BCUT2D eigenvalue weighted by atomic mass is 35.5. The molecule has 1 N–H and O–H groups in total. The molecule has 2 aromatic carbocycles. The number of rotatable bonds is 3. The van der Waals surface area contributed by atoms with E-state index in [1.54, 1.807) is 42.5 Å². The number of nitrogens with zero attached hydrogens (tertiary/aromatic N) is 1. The number of hydrogen-bond acceptors (Lipinski definition) is 3. The maximum absolute atomic E-state index is 12.8. The third-order valence-corrected chi connectivity index (χ3v) is 4.45. The lowest BCUT2D eigenvalue weighted by molar-refractivity contribution is -0.145. The second kappa shape index (κ2) is 6.71. The minimum atomic E-state index is -1.13. The molecule has 5 nitrogen and oxygen atoms in total. The van der Waals surface area contributed by atoms with Crippen molar-refractivity contribution >= 4 is 40.8 Å². The van der Waals surface area contributed by atoms with E-state index < -0.39 is 12.1 Å². The van der Waals surface area contributed by atoms with Crippen molar-refractivity contribution in [1.82, 2.24) is 0 Å². The molecular weight excluding hydrogens is 353 g/mol. The second-order valence-electron chi connectivity index (χ2n) is 5.29. The minimum Gasteiger partial charge on any atom is -0.478 e. The van der Waals surface area contributed by atoms with Gasteiger partial charge in [-0.3, -0.25) is 4.79 Å². The maximum atomic E-state index is 12.8. The second-order valence-corrected chi connectivity index (χ2v) is 6.11. The molecule has 0 saturated heterocycles. The highest BCUT2D eigenvalue weighted by Gasteiger charge is 2.33. The molecule has 0 fully saturated rings. The Bertz CT molecular complexity index is 789. The van der Waals surface area contributed by atoms with E-state index in [1.807, 2.05) is 0 Å². The number of aliphatic carboxylic acids is 1. The average Bonchev–Trinajstić information content (AvgIpc) is 2.57. The fourth-order valence-electron chi connectivity index (χ4n) is 2.55. The van der Waals surface area contributed by atoms with Gasteiger partial charge in [0.15, 0.2) is 0 Å². The predicted octanol–water partition coefficient (Wildman–Crippen LogP) is 3.41. The highest BCUT2D eigenvalue weighted by molar-refractivity contribution is 6.36. The molecule has 1 atom stereocenters. The Morgan fingerprint density at radius 2 is 1.79 bits per heavy atom. The zero-order valence-corrected chi connectivity index (χ0v) is 13.9. The van der Waals surface area contributed by atoms with E-state index in [-0.39, 0.29) is 18.9 Å². The van der Waals surface area contributed by atoms with Crippen LogP contribution in [0.5, 0.6) is 5.75 Å². The molecule has 1 heterocycles. The lowest BCUT2D eigenvalue weighted by atomic mass is 10.1. The van der Waals surface area contributed by atoms with Crippen LogP contribution >= 0.6 is 23.2 Å². The first-order chi connectivity index (χ1) is 11.5. The lowest BCUT2D eigenvalue weighted by Gasteiger charge is -2.33. The van der Waals surface area contributed by atoms with E-state index in [0.29, 0.717) is 27.0 Å². The predicted molar refractivity (Wildman–Crippen MR) is 91.0 cm³/mol. The van der Waals surface area contributed by atoms with Crippen molar-refractivity contribution in [1.29, 1.82) is 0 Å². The monoisotopic (exact) mass is 365 g/mol. The number of para-hydroxylation sites is 2. The van der Waals surface area contributed by atoms with Gasteiger partial charge in [0.2, 0.25) is 12.0 Å². The molecule has 0 saturated carbocycles. The molecule has 0 aliphatic carbocycles. The van der Waals surface area contributed by atoms with Crippen LogP contribution in [-0.2, 0) is 16.0 Å². The third kappa shape index (κ3) is 3.18. The SMILES string of the molecule is O=C(O)[C@@H]1CN(C(=O)Cc2c(Cl)cccc2Cl)c2ccccc2O1. The largest absolute Gasteiger partial charge is 0.478 e. The van der Waals surface area contributed by atoms with Gasteiger partial charge in [0.05, 0.1) is 18.7 Å². The summed E-state index contributed by atoms with van der Waals surface area (Å²) < 4.78 is 5.43. The van der Waals surface area contributed by atoms with Gasteiger partial charge in [0.1, 0.15) is 5.75 Å². The fraction of sp³-hybridized carbons (Fsp3) is 0.176. The number of ether oxygens (including phenoxy) is 1. The molecule has 2 aromatic rings. The van der Waals surface area contributed by atoms with Gasteiger partial charge < -0.3 is 14.7 Å². The smallest absolute Gasteiger partial charge is 0.346 e. The number of carbonyl (C=O) groups is 2. The van der Waals surface area contributed by atoms with Crippen molar-refractivity contribution in [2.24, 2.45) is 0 Å². The number of carboxylic acids is 1. The van der Waals surface area contributed by atoms with Gasteiger partial charge >= 0.3 is 5.97 Å². The van der Waals surface area contributed by atoms with Crippen LogP contribution in [0.25, 0.3) is 0 Å². The number of fused-ring (bicyclic) bond motifs is 1. The summed E-state index contributed by atoms with van der Waals surface area (Å²) in [5, 5.41) is 10.0. The topological polar surface area (TPSA) is 66.8 Å². The summed E-state index contributed by atoms with van der Waals surface area (Å²) in [5.41, 5.74) is 1.05. The number of anilines is 1. The Labute approximate surface area is 148 Å². The molecule has 1 amide bonds. The number of carbonyl (C=O) groups excluding carboxylic acids is 1. The number of hydrogen-bond donors (Lipinski definition) is 1. The van der Waals surface area contributed by atoms with Crippen LogP contribution in [0.3, 0.4) is 0 Å². The lowest BCUT2D eigenvalue weighted by Crippen LogP contribution is -2.47. The zero-order chi connectivity index (χ0) is 17.3. The number of halogens is 2. The molecule has 3 rings (SSSR count). The average molecular weight is 366 g/mol. The van der Waals surface area contributed by atoms with Crippen LogP contribution in [0.15, 0.2) is 42.5 Å². The van der Waals surface area contributed by atoms with Gasteiger partial charge in [-0.1, -0.05) is 41.4 Å². The molecule has 0 aromatic heterocycles. The maximum Gasteiger partial charge on any atom is 0.346 e. The van der Waals surface area contributed by atoms with E-state index in [1.165, 1.54) is 4.90 Å². The standard InChI is InChI=1S/C17H13Cl2NO4/c18-11-4-3-5-12(19)10(11)8-16(21)20-9-15(17(22)23)24-14-7-2-1-6-13(14)20/h1-7,15H,8-9H2,(H,22,23)/t15-/m0/s1. The van der Waals surface area contributed by atoms with E-state index in [4.69, 9.17) is 27.9 Å². The summed E-state index contributed by atoms with van der Waals surface area (Å²) >= 11 is 12.2. The van der Waals surface area contributed by atoms with Crippen molar-refractivity contribution in [3.05, 3.63) is 58.1 Å². The van der Waals surface area contributed by atoms with Gasteiger partial charge in [0.25, 0.3) is 0 Å². The Balaban J connectivity index is 1.92. The van der Waals surface area contributed by atoms with Crippen LogP contribution < -0.4 is 9.64 Å². The minimum absolute atomic E-state index is 0.0286. The third-order valence-electron chi connectivity index (χ3n) is 3.74. The molecule has 0 radical (unpaired) electrons. The summed E-state index contributed by atoms with van der Waals surface area (Å²) in [6.07, 6.45) is -1.15. The molecule has 0 spiro atoms. The van der Waals surface area contributed by atoms with Gasteiger partial charge in [-0.15, -0.1) is 0 Å². The highest BCUT2D eigenvalue weighted by Crippen LogP contribution is 2.34. The van der Waals surface area contributed by atoms with Crippen LogP contribution in [0.1, 0.15) is 5.56 Å². The number of benzene rings is 2. The summed E-state index contributed by atoms with van der Waals surface area (Å²) in [6, 6.07) is 11.8.